The first-order chi connectivity index (χ1) is 7.81. The lowest BCUT2D eigenvalue weighted by Gasteiger charge is -2.11. The number of rotatable bonds is 12. The van der Waals surface area contributed by atoms with Crippen LogP contribution in [-0.4, -0.2) is 13.1 Å². The van der Waals surface area contributed by atoms with Gasteiger partial charge in [0.1, 0.15) is 0 Å². The molecule has 0 saturated carbocycles. The van der Waals surface area contributed by atoms with Gasteiger partial charge in [0.15, 0.2) is 0 Å². The molecular formula is C15H33N. The maximum Gasteiger partial charge on any atom is -0.00465 e. The second kappa shape index (κ2) is 13.0. The molecule has 0 aliphatic heterocycles. The average molecular weight is 227 g/mol. The van der Waals surface area contributed by atoms with Crippen molar-refractivity contribution in [2.24, 2.45) is 5.92 Å². The van der Waals surface area contributed by atoms with Crippen LogP contribution in [0.4, 0.5) is 0 Å². The molecule has 16 heavy (non-hydrogen) atoms. The third-order valence-electron chi connectivity index (χ3n) is 3.36. The highest BCUT2D eigenvalue weighted by atomic mass is 14.8. The van der Waals surface area contributed by atoms with E-state index in [1.165, 1.54) is 64.3 Å². The summed E-state index contributed by atoms with van der Waals surface area (Å²) in [5.74, 6) is 0.912. The number of hydrogen-bond acceptors (Lipinski definition) is 1. The summed E-state index contributed by atoms with van der Waals surface area (Å²) in [5.41, 5.74) is 0. The van der Waals surface area contributed by atoms with Crippen molar-refractivity contribution >= 4 is 0 Å². The molecule has 0 amide bonds. The maximum atomic E-state index is 3.40. The largest absolute Gasteiger partial charge is 0.317 e. The molecule has 0 aromatic carbocycles. The molecule has 0 aliphatic carbocycles. The van der Waals surface area contributed by atoms with Crippen LogP contribution in [0, 0.1) is 5.92 Å². The summed E-state index contributed by atoms with van der Waals surface area (Å²) in [6.07, 6.45) is 12.8. The maximum absolute atomic E-state index is 3.40. The molecule has 0 aromatic heterocycles. The zero-order valence-corrected chi connectivity index (χ0v) is 11.9. The van der Waals surface area contributed by atoms with Crippen molar-refractivity contribution in [3.63, 3.8) is 0 Å². The van der Waals surface area contributed by atoms with E-state index in [-0.39, 0.29) is 0 Å². The van der Waals surface area contributed by atoms with Crippen LogP contribution in [0.5, 0.6) is 0 Å². The van der Waals surface area contributed by atoms with Crippen molar-refractivity contribution in [2.75, 3.05) is 13.1 Å². The zero-order valence-electron chi connectivity index (χ0n) is 11.9. The summed E-state index contributed by atoms with van der Waals surface area (Å²) in [6.45, 7) is 9.18. The van der Waals surface area contributed by atoms with Crippen LogP contribution in [0.25, 0.3) is 0 Å². The molecule has 1 unspecified atom stereocenters. The van der Waals surface area contributed by atoms with Gasteiger partial charge in [0, 0.05) is 0 Å². The molecule has 1 N–H and O–H groups in total. The van der Waals surface area contributed by atoms with Crippen molar-refractivity contribution < 1.29 is 0 Å². The zero-order chi connectivity index (χ0) is 12.1. The molecule has 0 saturated heterocycles. The van der Waals surface area contributed by atoms with E-state index < -0.39 is 0 Å². The van der Waals surface area contributed by atoms with Gasteiger partial charge in [-0.1, -0.05) is 72.1 Å². The van der Waals surface area contributed by atoms with Crippen LogP contribution < -0.4 is 5.32 Å². The van der Waals surface area contributed by atoms with Crippen LogP contribution in [0.3, 0.4) is 0 Å². The van der Waals surface area contributed by atoms with Gasteiger partial charge in [0.05, 0.1) is 0 Å². The van der Waals surface area contributed by atoms with Crippen molar-refractivity contribution in [3.8, 4) is 0 Å². The Balaban J connectivity index is 3.06. The van der Waals surface area contributed by atoms with Gasteiger partial charge in [0.2, 0.25) is 0 Å². The summed E-state index contributed by atoms with van der Waals surface area (Å²) in [6, 6.07) is 0. The van der Waals surface area contributed by atoms with E-state index in [0.29, 0.717) is 0 Å². The molecule has 0 spiro atoms. The third kappa shape index (κ3) is 12.0. The van der Waals surface area contributed by atoms with Crippen LogP contribution in [-0.2, 0) is 0 Å². The Kier molecular flexibility index (Phi) is 13.0. The number of unbranched alkanes of at least 4 members (excludes halogenated alkanes) is 6. The van der Waals surface area contributed by atoms with E-state index >= 15 is 0 Å². The molecule has 0 aromatic rings. The average Bonchev–Trinajstić information content (AvgIpc) is 2.28. The molecule has 1 atom stereocenters. The predicted molar refractivity (Wildman–Crippen MR) is 74.9 cm³/mol. The molecule has 0 fully saturated rings. The first-order valence-corrected chi connectivity index (χ1v) is 7.52. The Bertz CT molecular complexity index is 123. The van der Waals surface area contributed by atoms with Crippen LogP contribution in [0.2, 0.25) is 0 Å². The Morgan fingerprint density at radius 3 is 2.06 bits per heavy atom. The molecule has 0 aliphatic rings. The van der Waals surface area contributed by atoms with Gasteiger partial charge < -0.3 is 5.32 Å². The fraction of sp³-hybridized carbons (Fsp3) is 1.00. The van der Waals surface area contributed by atoms with Gasteiger partial charge in [-0.3, -0.25) is 0 Å². The van der Waals surface area contributed by atoms with E-state index in [1.54, 1.807) is 0 Å². The quantitative estimate of drug-likeness (QED) is 0.474. The van der Waals surface area contributed by atoms with Gasteiger partial charge in [-0.15, -0.1) is 0 Å². The Morgan fingerprint density at radius 2 is 1.44 bits per heavy atom. The lowest BCUT2D eigenvalue weighted by atomic mass is 9.99. The van der Waals surface area contributed by atoms with Crippen molar-refractivity contribution in [1.29, 1.82) is 0 Å². The van der Waals surface area contributed by atoms with Crippen LogP contribution in [0.1, 0.15) is 78.6 Å². The molecule has 0 radical (unpaired) electrons. The van der Waals surface area contributed by atoms with Gasteiger partial charge in [0.25, 0.3) is 0 Å². The highest BCUT2D eigenvalue weighted by Gasteiger charge is 2.01. The molecule has 98 valence electrons. The molecule has 1 heteroatoms. The van der Waals surface area contributed by atoms with E-state index in [2.05, 4.69) is 26.1 Å². The SMILES string of the molecule is CCCCCCCCCC(C)CCNCC. The normalized spacial score (nSPS) is 12.9. The summed E-state index contributed by atoms with van der Waals surface area (Å²) >= 11 is 0. The first kappa shape index (κ1) is 16.0. The van der Waals surface area contributed by atoms with Gasteiger partial charge >= 0.3 is 0 Å². The summed E-state index contributed by atoms with van der Waals surface area (Å²) < 4.78 is 0. The van der Waals surface area contributed by atoms with Crippen molar-refractivity contribution in [2.45, 2.75) is 78.6 Å². The highest BCUT2D eigenvalue weighted by Crippen LogP contribution is 2.14. The summed E-state index contributed by atoms with van der Waals surface area (Å²) in [7, 11) is 0. The van der Waals surface area contributed by atoms with E-state index in [4.69, 9.17) is 0 Å². The van der Waals surface area contributed by atoms with Gasteiger partial charge in [-0.25, -0.2) is 0 Å². The second-order valence-electron chi connectivity index (χ2n) is 5.16. The molecule has 0 heterocycles. The highest BCUT2D eigenvalue weighted by molar-refractivity contribution is 4.56. The Morgan fingerprint density at radius 1 is 0.812 bits per heavy atom. The molecule has 1 nitrogen and oxygen atoms in total. The minimum atomic E-state index is 0.912. The molecule has 0 bridgehead atoms. The lowest BCUT2D eigenvalue weighted by Crippen LogP contribution is -2.16. The minimum absolute atomic E-state index is 0.912. The summed E-state index contributed by atoms with van der Waals surface area (Å²) in [5, 5.41) is 3.40. The predicted octanol–water partition coefficient (Wildman–Crippen LogP) is 4.76. The lowest BCUT2D eigenvalue weighted by molar-refractivity contribution is 0.444. The third-order valence-corrected chi connectivity index (χ3v) is 3.36. The van der Waals surface area contributed by atoms with Gasteiger partial charge in [-0.05, 0) is 25.4 Å². The number of hydrogen-bond donors (Lipinski definition) is 1. The van der Waals surface area contributed by atoms with Crippen LogP contribution >= 0.6 is 0 Å². The summed E-state index contributed by atoms with van der Waals surface area (Å²) in [4.78, 5) is 0. The topological polar surface area (TPSA) is 12.0 Å². The van der Waals surface area contributed by atoms with Crippen LogP contribution in [0.15, 0.2) is 0 Å². The molecular weight excluding hydrogens is 194 g/mol. The second-order valence-corrected chi connectivity index (χ2v) is 5.16. The Hall–Kier alpha value is -0.0400. The number of nitrogens with one attached hydrogen (secondary N) is 1. The Labute approximate surface area is 103 Å². The van der Waals surface area contributed by atoms with Gasteiger partial charge in [-0.2, -0.15) is 0 Å². The monoisotopic (exact) mass is 227 g/mol. The van der Waals surface area contributed by atoms with E-state index in [9.17, 15) is 0 Å². The smallest absolute Gasteiger partial charge is 0.00465 e. The fourth-order valence-electron chi connectivity index (χ4n) is 2.12. The first-order valence-electron chi connectivity index (χ1n) is 7.52. The van der Waals surface area contributed by atoms with E-state index in [0.717, 1.165) is 12.5 Å². The fourth-order valence-corrected chi connectivity index (χ4v) is 2.12. The minimum Gasteiger partial charge on any atom is -0.317 e. The van der Waals surface area contributed by atoms with Crippen molar-refractivity contribution in [3.05, 3.63) is 0 Å². The molecule has 0 rings (SSSR count). The standard InChI is InChI=1S/C15H33N/c1-4-6-7-8-9-10-11-12-15(3)13-14-16-5-2/h15-16H,4-14H2,1-3H3. The van der Waals surface area contributed by atoms with Crippen molar-refractivity contribution in [1.82, 2.24) is 5.32 Å². The van der Waals surface area contributed by atoms with E-state index in [1.807, 2.05) is 0 Å².